The van der Waals surface area contributed by atoms with Gasteiger partial charge in [0.15, 0.2) is 0 Å². The molecule has 0 aliphatic rings. The van der Waals surface area contributed by atoms with Gasteiger partial charge in [0, 0.05) is 17.9 Å². The molecule has 0 heterocycles. The van der Waals surface area contributed by atoms with Crippen LogP contribution in [0.3, 0.4) is 0 Å². The minimum absolute atomic E-state index is 0.202. The van der Waals surface area contributed by atoms with Gasteiger partial charge in [-0.25, -0.2) is 4.79 Å². The van der Waals surface area contributed by atoms with Crippen LogP contribution in [0.4, 0.5) is 0 Å². The zero-order valence-corrected chi connectivity index (χ0v) is 19.9. The van der Waals surface area contributed by atoms with Crippen molar-refractivity contribution < 1.29 is 24.6 Å². The first-order chi connectivity index (χ1) is 14.4. The number of hydrogen-bond acceptors (Lipinski definition) is 6. The molecule has 1 amide bonds. The van der Waals surface area contributed by atoms with Gasteiger partial charge >= 0.3 is 11.9 Å². The summed E-state index contributed by atoms with van der Waals surface area (Å²) in [4.78, 5) is 34.0. The zero-order chi connectivity index (χ0) is 22.6. The second-order valence-corrected chi connectivity index (χ2v) is 10.3. The fraction of sp³-hybridized carbons (Fsp3) is 0.857. The number of nitrogens with one attached hydrogen (secondary N) is 1. The van der Waals surface area contributed by atoms with Crippen LogP contribution in [-0.4, -0.2) is 51.6 Å². The molecule has 0 rings (SSSR count). The molecule has 2 atom stereocenters. The van der Waals surface area contributed by atoms with E-state index < -0.39 is 24.0 Å². The maximum Gasteiger partial charge on any atom is 0.326 e. The molecule has 0 aromatic heterocycles. The maximum atomic E-state index is 12.0. The highest BCUT2D eigenvalue weighted by atomic mass is 33.1. The van der Waals surface area contributed by atoms with Crippen LogP contribution in [0.25, 0.3) is 0 Å². The highest BCUT2D eigenvalue weighted by molar-refractivity contribution is 8.76. The average molecular weight is 465 g/mol. The van der Waals surface area contributed by atoms with Crippen LogP contribution in [-0.2, 0) is 14.4 Å². The van der Waals surface area contributed by atoms with E-state index in [9.17, 15) is 19.5 Å². The maximum absolute atomic E-state index is 12.0. The van der Waals surface area contributed by atoms with Gasteiger partial charge in [0.25, 0.3) is 0 Å². The Hall–Kier alpha value is -0.930. The third-order valence-corrected chi connectivity index (χ3v) is 7.26. The van der Waals surface area contributed by atoms with Gasteiger partial charge in [-0.15, -0.1) is 0 Å². The number of amides is 1. The largest absolute Gasteiger partial charge is 0.480 e. The van der Waals surface area contributed by atoms with E-state index in [4.69, 9.17) is 10.8 Å². The van der Waals surface area contributed by atoms with Gasteiger partial charge in [-0.2, -0.15) is 0 Å². The van der Waals surface area contributed by atoms with E-state index in [-0.39, 0.29) is 5.91 Å². The van der Waals surface area contributed by atoms with Crippen molar-refractivity contribution in [2.24, 2.45) is 5.73 Å². The highest BCUT2D eigenvalue weighted by Gasteiger charge is 2.19. The molecule has 0 spiro atoms. The quantitative estimate of drug-likeness (QED) is 0.145. The molecule has 0 aliphatic heterocycles. The Morgan fingerprint density at radius 1 is 0.800 bits per heavy atom. The molecule has 0 saturated heterocycles. The number of aliphatic carboxylic acids is 2. The Labute approximate surface area is 189 Å². The van der Waals surface area contributed by atoms with E-state index in [1.165, 1.54) is 66.5 Å². The molecular formula is C21H40N2O5S2. The summed E-state index contributed by atoms with van der Waals surface area (Å²) in [7, 11) is 2.94. The fourth-order valence-corrected chi connectivity index (χ4v) is 5.08. The summed E-state index contributed by atoms with van der Waals surface area (Å²) >= 11 is 0. The van der Waals surface area contributed by atoms with E-state index in [1.54, 1.807) is 0 Å². The minimum atomic E-state index is -1.02. The smallest absolute Gasteiger partial charge is 0.326 e. The molecular weight excluding hydrogens is 424 g/mol. The normalized spacial score (nSPS) is 13.0. The van der Waals surface area contributed by atoms with Gasteiger partial charge in [0.1, 0.15) is 12.1 Å². The van der Waals surface area contributed by atoms with Gasteiger partial charge in [-0.3, -0.25) is 9.59 Å². The van der Waals surface area contributed by atoms with Crippen LogP contribution >= 0.6 is 21.6 Å². The number of nitrogens with two attached hydrogens (primary N) is 1. The second-order valence-electron chi connectivity index (χ2n) is 7.56. The minimum Gasteiger partial charge on any atom is -0.480 e. The predicted octanol–water partition coefficient (Wildman–Crippen LogP) is 4.44. The number of rotatable bonds is 21. The van der Waals surface area contributed by atoms with E-state index in [0.29, 0.717) is 30.8 Å². The van der Waals surface area contributed by atoms with Crippen molar-refractivity contribution in [2.75, 3.05) is 11.5 Å². The van der Waals surface area contributed by atoms with Crippen LogP contribution in [0, 0.1) is 0 Å². The summed E-state index contributed by atoms with van der Waals surface area (Å²) in [6.45, 7) is 2.22. The van der Waals surface area contributed by atoms with Crippen molar-refractivity contribution in [1.82, 2.24) is 5.32 Å². The van der Waals surface area contributed by atoms with Crippen molar-refractivity contribution in [3.63, 3.8) is 0 Å². The molecule has 0 aliphatic carbocycles. The number of carboxylic acids is 2. The Morgan fingerprint density at radius 2 is 1.30 bits per heavy atom. The number of unbranched alkanes of at least 4 members (excludes halogenated alkanes) is 9. The summed E-state index contributed by atoms with van der Waals surface area (Å²) in [6.07, 6.45) is 13.0. The van der Waals surface area contributed by atoms with E-state index >= 15 is 0 Å². The third kappa shape index (κ3) is 17.9. The topological polar surface area (TPSA) is 130 Å². The Morgan fingerprint density at radius 3 is 1.80 bits per heavy atom. The first-order valence-corrected chi connectivity index (χ1v) is 13.6. The molecule has 30 heavy (non-hydrogen) atoms. The predicted molar refractivity (Wildman–Crippen MR) is 126 cm³/mol. The fourth-order valence-electron chi connectivity index (χ4n) is 2.88. The molecule has 0 radical (unpaired) electrons. The number of carbonyl (C=O) groups is 3. The summed E-state index contributed by atoms with van der Waals surface area (Å²) in [5.74, 6) is -1.10. The second kappa shape index (κ2) is 20.0. The number of hydrogen-bond donors (Lipinski definition) is 4. The third-order valence-electron chi connectivity index (χ3n) is 4.79. The highest BCUT2D eigenvalue weighted by Crippen LogP contribution is 2.23. The summed E-state index contributed by atoms with van der Waals surface area (Å²) in [6, 6.07) is -1.75. The Bertz CT molecular complexity index is 480. The van der Waals surface area contributed by atoms with E-state index in [1.807, 2.05) is 0 Å². The van der Waals surface area contributed by atoms with Crippen molar-refractivity contribution in [1.29, 1.82) is 0 Å². The number of carbonyl (C=O) groups excluding carboxylic acids is 1. The van der Waals surface area contributed by atoms with Crippen molar-refractivity contribution in [2.45, 2.75) is 102 Å². The molecule has 176 valence electrons. The molecule has 0 aromatic carbocycles. The first kappa shape index (κ1) is 29.1. The van der Waals surface area contributed by atoms with Crippen LogP contribution < -0.4 is 11.1 Å². The van der Waals surface area contributed by atoms with Gasteiger partial charge in [0.05, 0.1) is 0 Å². The monoisotopic (exact) mass is 464 g/mol. The molecule has 0 aromatic rings. The lowest BCUT2D eigenvalue weighted by Crippen LogP contribution is -2.41. The molecule has 5 N–H and O–H groups in total. The van der Waals surface area contributed by atoms with Crippen LogP contribution in [0.2, 0.25) is 0 Å². The molecule has 0 fully saturated rings. The van der Waals surface area contributed by atoms with Crippen molar-refractivity contribution >= 4 is 39.4 Å². The van der Waals surface area contributed by atoms with E-state index in [2.05, 4.69) is 12.2 Å². The summed E-state index contributed by atoms with van der Waals surface area (Å²) in [5, 5.41) is 20.6. The van der Waals surface area contributed by atoms with Gasteiger partial charge in [-0.1, -0.05) is 86.3 Å². The standard InChI is InChI=1S/C21H40N2O5S2/c1-2-3-4-5-6-7-8-9-10-11-12-19(24)23-18(21(27)28)14-16-30-29-15-13-17(22)20(25)26/h17-18H,2-16,22H2,1H3,(H,23,24)(H,25,26)(H,27,28). The summed E-state index contributed by atoms with van der Waals surface area (Å²) < 4.78 is 0. The lowest BCUT2D eigenvalue weighted by atomic mass is 10.1. The first-order valence-electron chi connectivity index (χ1n) is 11.1. The average Bonchev–Trinajstić information content (AvgIpc) is 2.70. The van der Waals surface area contributed by atoms with Crippen LogP contribution in [0.15, 0.2) is 0 Å². The number of carboxylic acid groups (broad SMARTS) is 2. The van der Waals surface area contributed by atoms with Crippen LogP contribution in [0.1, 0.15) is 90.4 Å². The molecule has 9 heteroatoms. The van der Waals surface area contributed by atoms with Crippen molar-refractivity contribution in [3.8, 4) is 0 Å². The molecule has 2 unspecified atom stereocenters. The van der Waals surface area contributed by atoms with Gasteiger partial charge in [0.2, 0.25) is 5.91 Å². The van der Waals surface area contributed by atoms with E-state index in [0.717, 1.165) is 19.3 Å². The Kier molecular flexibility index (Phi) is 19.4. The molecule has 0 bridgehead atoms. The van der Waals surface area contributed by atoms with Gasteiger partial charge in [-0.05, 0) is 19.3 Å². The SMILES string of the molecule is CCCCCCCCCCCCC(=O)NC(CCSSCCC(N)C(=O)O)C(=O)O. The van der Waals surface area contributed by atoms with Crippen LogP contribution in [0.5, 0.6) is 0 Å². The summed E-state index contributed by atoms with van der Waals surface area (Å²) in [5.41, 5.74) is 5.42. The lowest BCUT2D eigenvalue weighted by Gasteiger charge is -2.14. The van der Waals surface area contributed by atoms with Gasteiger partial charge < -0.3 is 21.3 Å². The zero-order valence-electron chi connectivity index (χ0n) is 18.3. The van der Waals surface area contributed by atoms with Crippen molar-refractivity contribution in [3.05, 3.63) is 0 Å². The molecule has 7 nitrogen and oxygen atoms in total. The molecule has 0 saturated carbocycles. The Balaban J connectivity index is 3.73. The lowest BCUT2D eigenvalue weighted by molar-refractivity contribution is -0.142.